The topological polar surface area (TPSA) is 26.3 Å². The second-order valence-electron chi connectivity index (χ2n) is 2.71. The van der Waals surface area contributed by atoms with Crippen LogP contribution in [0.3, 0.4) is 0 Å². The molecule has 64 valence electrons. The molecule has 1 unspecified atom stereocenters. The molecule has 0 bridgehead atoms. The Balaban J connectivity index is 2.27. The normalized spacial score (nSPS) is 21.7. The van der Waals surface area contributed by atoms with Gasteiger partial charge in [0.1, 0.15) is 9.21 Å². The van der Waals surface area contributed by atoms with Crippen molar-refractivity contribution < 1.29 is 8.54 Å². The highest BCUT2D eigenvalue weighted by Gasteiger charge is 2.34. The Hall–Kier alpha value is 1.14. The lowest BCUT2D eigenvalue weighted by atomic mass is 10.0. The van der Waals surface area contributed by atoms with E-state index in [1.54, 1.807) is 0 Å². The number of halogens is 1. The summed E-state index contributed by atoms with van der Waals surface area (Å²) in [5.74, 6) is 0. The van der Waals surface area contributed by atoms with Crippen molar-refractivity contribution in [3.05, 3.63) is 0 Å². The zero-order valence-electron chi connectivity index (χ0n) is 6.16. The van der Waals surface area contributed by atoms with Gasteiger partial charge in [-0.3, -0.25) is 0 Å². The van der Waals surface area contributed by atoms with Crippen molar-refractivity contribution in [3.63, 3.8) is 0 Å². The van der Waals surface area contributed by atoms with Gasteiger partial charge >= 0.3 is 8.03 Å². The fraction of sp³-hybridized carbons (Fsp3) is 1.00. The monoisotopic (exact) mass is 305 g/mol. The third-order valence-electron chi connectivity index (χ3n) is 1.97. The van der Waals surface area contributed by atoms with E-state index in [-0.39, 0.29) is 0 Å². The summed E-state index contributed by atoms with van der Waals surface area (Å²) < 4.78 is 16.3. The minimum Gasteiger partial charge on any atom is -0.0607 e. The first-order chi connectivity index (χ1) is 5.34. The third kappa shape index (κ3) is 3.57. The molecule has 0 spiro atoms. The maximum absolute atomic E-state index is 11.3. The summed E-state index contributed by atoms with van der Waals surface area (Å²) in [4.78, 5) is 0. The summed E-state index contributed by atoms with van der Waals surface area (Å²) in [6.07, 6.45) is 5.93. The molecule has 0 radical (unpaired) electrons. The molecule has 5 heteroatoms. The van der Waals surface area contributed by atoms with Crippen LogP contribution in [-0.2, 0) is 8.54 Å². The first kappa shape index (κ1) is 10.2. The smallest absolute Gasteiger partial charge is 0.0607 e. The molecular weight excluding hydrogens is 294 g/mol. The fourth-order valence-electron chi connectivity index (χ4n) is 1.38. The largest absolute Gasteiger partial charge is 0.524 e. The molecular formula is C6H11IO2PS+. The van der Waals surface area contributed by atoms with Crippen molar-refractivity contribution >= 4 is 38.4 Å². The summed E-state index contributed by atoms with van der Waals surface area (Å²) in [6, 6.07) is 0. The molecule has 1 rings (SSSR count). The van der Waals surface area contributed by atoms with Crippen LogP contribution in [0.2, 0.25) is 0 Å². The van der Waals surface area contributed by atoms with Crippen molar-refractivity contribution in [2.45, 2.75) is 37.8 Å². The Bertz CT molecular complexity index is 139. The standard InChI is InChI=1S/C6H11IO2PS/c7-11-9-10(8)6-4-2-1-3-5-6/h6H,1-5H2/q+1. The van der Waals surface area contributed by atoms with E-state index >= 15 is 0 Å². The van der Waals surface area contributed by atoms with Gasteiger partial charge in [0.2, 0.25) is 0 Å². The van der Waals surface area contributed by atoms with Gasteiger partial charge in [-0.15, -0.1) is 0 Å². The van der Waals surface area contributed by atoms with Crippen molar-refractivity contribution in [1.82, 2.24) is 0 Å². The summed E-state index contributed by atoms with van der Waals surface area (Å²) >= 11 is 2.01. The molecule has 0 saturated heterocycles. The van der Waals surface area contributed by atoms with Crippen molar-refractivity contribution in [3.8, 4) is 0 Å². The average molecular weight is 305 g/mol. The van der Waals surface area contributed by atoms with Gasteiger partial charge in [-0.1, -0.05) is 10.4 Å². The summed E-state index contributed by atoms with van der Waals surface area (Å²) in [6.45, 7) is 0. The Morgan fingerprint density at radius 2 is 2.00 bits per heavy atom. The maximum atomic E-state index is 11.3. The molecule has 0 aromatic carbocycles. The summed E-state index contributed by atoms with van der Waals surface area (Å²) in [5.41, 5.74) is 0.334. The zero-order valence-corrected chi connectivity index (χ0v) is 10.0. The molecule has 1 fully saturated rings. The number of rotatable bonds is 3. The molecule has 0 amide bonds. The van der Waals surface area contributed by atoms with Gasteiger partial charge in [0.05, 0.1) is 0 Å². The van der Waals surface area contributed by atoms with Crippen LogP contribution in [0.25, 0.3) is 0 Å². The Morgan fingerprint density at radius 1 is 1.36 bits per heavy atom. The summed E-state index contributed by atoms with van der Waals surface area (Å²) in [5, 5.41) is 0. The SMILES string of the molecule is O=[P+](OSI)C1CCCCC1. The van der Waals surface area contributed by atoms with E-state index in [4.69, 9.17) is 3.97 Å². The van der Waals surface area contributed by atoms with Gasteiger partial charge in [0.25, 0.3) is 0 Å². The molecule has 1 atom stereocenters. The van der Waals surface area contributed by atoms with Crippen LogP contribution in [-0.4, -0.2) is 5.66 Å². The third-order valence-corrected chi connectivity index (χ3v) is 5.35. The first-order valence-electron chi connectivity index (χ1n) is 3.76. The van der Waals surface area contributed by atoms with Crippen LogP contribution in [0.15, 0.2) is 0 Å². The predicted molar refractivity (Wildman–Crippen MR) is 57.2 cm³/mol. The highest BCUT2D eigenvalue weighted by atomic mass is 127. The maximum Gasteiger partial charge on any atom is 0.524 e. The predicted octanol–water partition coefficient (Wildman–Crippen LogP) is 4.08. The van der Waals surface area contributed by atoms with Gasteiger partial charge in [0.15, 0.2) is 5.66 Å². The van der Waals surface area contributed by atoms with E-state index in [0.29, 0.717) is 5.66 Å². The van der Waals surface area contributed by atoms with Crippen LogP contribution in [0, 0.1) is 0 Å². The quantitative estimate of drug-likeness (QED) is 0.446. The van der Waals surface area contributed by atoms with E-state index in [1.165, 1.54) is 28.5 Å². The van der Waals surface area contributed by atoms with Crippen molar-refractivity contribution in [2.24, 2.45) is 0 Å². The minimum atomic E-state index is -1.39. The molecule has 0 aromatic rings. The summed E-state index contributed by atoms with van der Waals surface area (Å²) in [7, 11) is -0.204. The van der Waals surface area contributed by atoms with Crippen molar-refractivity contribution in [1.29, 1.82) is 0 Å². The molecule has 0 aromatic heterocycles. The fourth-order valence-corrected chi connectivity index (χ4v) is 4.30. The van der Waals surface area contributed by atoms with Crippen LogP contribution in [0.4, 0.5) is 0 Å². The number of hydrogen-bond donors (Lipinski definition) is 0. The van der Waals surface area contributed by atoms with Crippen LogP contribution in [0.1, 0.15) is 32.1 Å². The number of hydrogen-bond acceptors (Lipinski definition) is 3. The van der Waals surface area contributed by atoms with Crippen molar-refractivity contribution in [2.75, 3.05) is 0 Å². The Morgan fingerprint density at radius 3 is 2.55 bits per heavy atom. The Kier molecular flexibility index (Phi) is 5.32. The van der Waals surface area contributed by atoms with E-state index in [1.807, 2.05) is 21.2 Å². The highest BCUT2D eigenvalue weighted by molar-refractivity contribution is 14.2. The molecule has 2 nitrogen and oxygen atoms in total. The van der Waals surface area contributed by atoms with Gasteiger partial charge in [-0.05, 0) is 30.2 Å². The van der Waals surface area contributed by atoms with Crippen LogP contribution < -0.4 is 0 Å². The Labute approximate surface area is 84.5 Å². The van der Waals surface area contributed by atoms with E-state index in [2.05, 4.69) is 0 Å². The van der Waals surface area contributed by atoms with Crippen LogP contribution in [0.5, 0.6) is 0 Å². The lowest BCUT2D eigenvalue weighted by Crippen LogP contribution is -2.07. The minimum absolute atomic E-state index is 0.334. The zero-order chi connectivity index (χ0) is 8.10. The lowest BCUT2D eigenvalue weighted by molar-refractivity contribution is 0.461. The molecule has 0 N–H and O–H groups in total. The molecule has 1 aliphatic carbocycles. The molecule has 11 heavy (non-hydrogen) atoms. The average Bonchev–Trinajstić information content (AvgIpc) is 2.07. The lowest BCUT2D eigenvalue weighted by Gasteiger charge is -2.10. The van der Waals surface area contributed by atoms with Gasteiger partial charge in [-0.2, -0.15) is 0 Å². The second-order valence-corrected chi connectivity index (χ2v) is 5.82. The molecule has 1 saturated carbocycles. The van der Waals surface area contributed by atoms with E-state index in [0.717, 1.165) is 12.8 Å². The van der Waals surface area contributed by atoms with Gasteiger partial charge in [-0.25, -0.2) is 0 Å². The van der Waals surface area contributed by atoms with E-state index < -0.39 is 8.03 Å². The molecule has 0 heterocycles. The molecule has 1 aliphatic rings. The molecule has 0 aliphatic heterocycles. The van der Waals surface area contributed by atoms with E-state index in [9.17, 15) is 4.57 Å². The van der Waals surface area contributed by atoms with Gasteiger partial charge in [0, 0.05) is 21.2 Å². The van der Waals surface area contributed by atoms with Gasteiger partial charge < -0.3 is 0 Å². The first-order valence-corrected chi connectivity index (χ1v) is 8.29. The highest BCUT2D eigenvalue weighted by Crippen LogP contribution is 2.43. The van der Waals surface area contributed by atoms with Crippen LogP contribution >= 0.6 is 38.4 Å². The second kappa shape index (κ2) is 5.73.